The van der Waals surface area contributed by atoms with Gasteiger partial charge in [0.15, 0.2) is 17.3 Å². The summed E-state index contributed by atoms with van der Waals surface area (Å²) in [6.45, 7) is 1.80. The van der Waals surface area contributed by atoms with Gasteiger partial charge in [-0.1, -0.05) is 17.7 Å². The number of halogens is 4. The molecule has 8 nitrogen and oxygen atoms in total. The van der Waals surface area contributed by atoms with Gasteiger partial charge in [0.1, 0.15) is 11.6 Å². The molecule has 2 aromatic heterocycles. The van der Waals surface area contributed by atoms with Gasteiger partial charge in [0.25, 0.3) is 5.56 Å². The van der Waals surface area contributed by atoms with Gasteiger partial charge >= 0.3 is 6.18 Å². The standard InChI is InChI=1S/C21H20ClF3N4O4/c1-12(13-3-5-16(33-8-7-30)17(9-13)32-2)28-15-11-27-29(20(31)19(15)22)18-6-4-14(10-26-18)21(23,24)25/h3-6,9-12,28,30H,7-8H2,1-2H3. The van der Waals surface area contributed by atoms with Gasteiger partial charge in [-0.3, -0.25) is 4.79 Å². The highest BCUT2D eigenvalue weighted by Crippen LogP contribution is 2.32. The number of aromatic nitrogens is 3. The van der Waals surface area contributed by atoms with Gasteiger partial charge in [-0.05, 0) is 36.8 Å². The van der Waals surface area contributed by atoms with Gasteiger partial charge < -0.3 is 19.9 Å². The second-order valence-electron chi connectivity index (χ2n) is 6.84. The first-order valence-electron chi connectivity index (χ1n) is 9.65. The number of aliphatic hydroxyl groups is 1. The van der Waals surface area contributed by atoms with E-state index < -0.39 is 17.3 Å². The van der Waals surface area contributed by atoms with Crippen LogP contribution in [0.15, 0.2) is 47.5 Å². The van der Waals surface area contributed by atoms with E-state index in [9.17, 15) is 18.0 Å². The largest absolute Gasteiger partial charge is 0.493 e. The molecule has 0 aliphatic heterocycles. The van der Waals surface area contributed by atoms with Crippen molar-refractivity contribution in [1.29, 1.82) is 0 Å². The van der Waals surface area contributed by atoms with Gasteiger partial charge in [0.2, 0.25) is 0 Å². The second kappa shape index (κ2) is 10.1. The number of anilines is 1. The Labute approximate surface area is 191 Å². The monoisotopic (exact) mass is 484 g/mol. The second-order valence-corrected chi connectivity index (χ2v) is 7.22. The van der Waals surface area contributed by atoms with Gasteiger partial charge in [0, 0.05) is 12.2 Å². The molecular formula is C21H20ClF3N4O4. The van der Waals surface area contributed by atoms with Crippen LogP contribution >= 0.6 is 11.6 Å². The molecule has 0 spiro atoms. The van der Waals surface area contributed by atoms with E-state index in [1.54, 1.807) is 18.2 Å². The molecule has 33 heavy (non-hydrogen) atoms. The third-order valence-corrected chi connectivity index (χ3v) is 4.98. The predicted molar refractivity (Wildman–Crippen MR) is 115 cm³/mol. The number of ether oxygens (including phenoxy) is 2. The number of methoxy groups -OCH3 is 1. The number of hydrogen-bond acceptors (Lipinski definition) is 7. The zero-order valence-corrected chi connectivity index (χ0v) is 18.3. The third-order valence-electron chi connectivity index (χ3n) is 4.62. The van der Waals surface area contributed by atoms with E-state index >= 15 is 0 Å². The van der Waals surface area contributed by atoms with E-state index in [0.29, 0.717) is 17.7 Å². The van der Waals surface area contributed by atoms with Crippen molar-refractivity contribution in [1.82, 2.24) is 14.8 Å². The van der Waals surface area contributed by atoms with Crippen LogP contribution in [0.4, 0.5) is 18.9 Å². The first kappa shape index (κ1) is 24.3. The van der Waals surface area contributed by atoms with E-state index in [2.05, 4.69) is 15.4 Å². The minimum absolute atomic E-state index is 0.0993. The molecule has 1 aromatic carbocycles. The number of hydrogen-bond donors (Lipinski definition) is 2. The van der Waals surface area contributed by atoms with Crippen LogP contribution in [0, 0.1) is 0 Å². The normalized spacial score (nSPS) is 12.3. The van der Waals surface area contributed by atoms with Crippen molar-refractivity contribution >= 4 is 17.3 Å². The summed E-state index contributed by atoms with van der Waals surface area (Å²) in [4.78, 5) is 16.3. The molecule has 0 aliphatic carbocycles. The van der Waals surface area contributed by atoms with Crippen LogP contribution in [-0.2, 0) is 6.18 Å². The average molecular weight is 485 g/mol. The molecule has 0 amide bonds. The number of rotatable bonds is 8. The van der Waals surface area contributed by atoms with Crippen LogP contribution in [-0.4, -0.2) is 40.2 Å². The summed E-state index contributed by atoms with van der Waals surface area (Å²) in [5, 5.41) is 15.8. The molecule has 2 N–H and O–H groups in total. The fourth-order valence-electron chi connectivity index (χ4n) is 2.92. The number of benzene rings is 1. The molecule has 2 heterocycles. The van der Waals surface area contributed by atoms with Gasteiger partial charge in [-0.25, -0.2) is 4.98 Å². The first-order chi connectivity index (χ1) is 15.7. The van der Waals surface area contributed by atoms with Crippen LogP contribution < -0.4 is 20.3 Å². The van der Waals surface area contributed by atoms with Crippen molar-refractivity contribution in [3.8, 4) is 17.3 Å². The van der Waals surface area contributed by atoms with Crippen LogP contribution in [0.25, 0.3) is 5.82 Å². The smallest absolute Gasteiger partial charge is 0.417 e. The number of pyridine rings is 1. The van der Waals surface area contributed by atoms with E-state index in [0.717, 1.165) is 22.4 Å². The number of nitrogens with zero attached hydrogens (tertiary/aromatic N) is 3. The Bertz CT molecular complexity index is 1170. The molecule has 176 valence electrons. The Hall–Kier alpha value is -3.31. The van der Waals surface area contributed by atoms with Crippen molar-refractivity contribution < 1.29 is 27.8 Å². The van der Waals surface area contributed by atoms with Crippen molar-refractivity contribution in [3.05, 3.63) is 69.2 Å². The van der Waals surface area contributed by atoms with E-state index in [-0.39, 0.29) is 35.8 Å². The Morgan fingerprint density at radius 2 is 1.97 bits per heavy atom. The predicted octanol–water partition coefficient (Wildman–Crippen LogP) is 3.85. The minimum atomic E-state index is -4.54. The summed E-state index contributed by atoms with van der Waals surface area (Å²) in [6.07, 6.45) is -2.64. The number of nitrogens with one attached hydrogen (secondary N) is 1. The first-order valence-corrected chi connectivity index (χ1v) is 10.0. The van der Waals surface area contributed by atoms with Crippen molar-refractivity contribution in [2.45, 2.75) is 19.1 Å². The third kappa shape index (κ3) is 5.55. The molecule has 0 radical (unpaired) electrons. The summed E-state index contributed by atoms with van der Waals surface area (Å²) in [5.74, 6) is 0.828. The van der Waals surface area contributed by atoms with Crippen LogP contribution in [0.1, 0.15) is 24.1 Å². The maximum atomic E-state index is 12.7. The number of alkyl halides is 3. The Morgan fingerprint density at radius 1 is 1.21 bits per heavy atom. The lowest BCUT2D eigenvalue weighted by molar-refractivity contribution is -0.137. The maximum Gasteiger partial charge on any atom is 0.417 e. The summed E-state index contributed by atoms with van der Waals surface area (Å²) in [5.41, 5.74) is -0.670. The van der Waals surface area contributed by atoms with Crippen molar-refractivity contribution in [2.75, 3.05) is 25.6 Å². The quantitative estimate of drug-likeness (QED) is 0.501. The SMILES string of the molecule is COc1cc(C(C)Nc2cnn(-c3ccc(C(F)(F)F)cn3)c(=O)c2Cl)ccc1OCCO. The lowest BCUT2D eigenvalue weighted by Gasteiger charge is -2.19. The molecule has 0 aliphatic rings. The Morgan fingerprint density at radius 3 is 2.58 bits per heavy atom. The zero-order chi connectivity index (χ0) is 24.2. The molecule has 3 aromatic rings. The highest BCUT2D eigenvalue weighted by Gasteiger charge is 2.30. The van der Waals surface area contributed by atoms with Crippen LogP contribution in [0.5, 0.6) is 11.5 Å². The van der Waals surface area contributed by atoms with Crippen molar-refractivity contribution in [3.63, 3.8) is 0 Å². The van der Waals surface area contributed by atoms with Gasteiger partial charge in [-0.2, -0.15) is 23.0 Å². The molecule has 3 rings (SSSR count). The molecule has 0 saturated heterocycles. The zero-order valence-electron chi connectivity index (χ0n) is 17.6. The van der Waals surface area contributed by atoms with E-state index in [1.165, 1.54) is 13.3 Å². The summed E-state index contributed by atoms with van der Waals surface area (Å²) in [7, 11) is 1.48. The van der Waals surface area contributed by atoms with Crippen LogP contribution in [0.2, 0.25) is 5.02 Å². The van der Waals surface area contributed by atoms with Gasteiger partial charge in [0.05, 0.1) is 31.2 Å². The lowest BCUT2D eigenvalue weighted by Crippen LogP contribution is -2.24. The molecule has 0 fully saturated rings. The number of aliphatic hydroxyl groups excluding tert-OH is 1. The highest BCUT2D eigenvalue weighted by atomic mass is 35.5. The fraction of sp³-hybridized carbons (Fsp3) is 0.286. The molecular weight excluding hydrogens is 465 g/mol. The minimum Gasteiger partial charge on any atom is -0.493 e. The molecule has 1 atom stereocenters. The highest BCUT2D eigenvalue weighted by molar-refractivity contribution is 6.32. The summed E-state index contributed by atoms with van der Waals surface area (Å²) in [6, 6.07) is 6.72. The molecule has 12 heteroatoms. The molecule has 0 saturated carbocycles. The summed E-state index contributed by atoms with van der Waals surface area (Å²) >= 11 is 6.21. The average Bonchev–Trinajstić information content (AvgIpc) is 2.80. The van der Waals surface area contributed by atoms with Gasteiger partial charge in [-0.15, -0.1) is 0 Å². The topological polar surface area (TPSA) is 98.5 Å². The molecule has 1 unspecified atom stereocenters. The summed E-state index contributed by atoms with van der Waals surface area (Å²) < 4.78 is 49.7. The van der Waals surface area contributed by atoms with E-state index in [1.807, 2.05) is 6.92 Å². The van der Waals surface area contributed by atoms with Crippen molar-refractivity contribution in [2.24, 2.45) is 0 Å². The Balaban J connectivity index is 1.82. The fourth-order valence-corrected chi connectivity index (χ4v) is 3.10. The van der Waals surface area contributed by atoms with Crippen LogP contribution in [0.3, 0.4) is 0 Å². The lowest BCUT2D eigenvalue weighted by atomic mass is 10.1. The van der Waals surface area contributed by atoms with E-state index in [4.69, 9.17) is 26.2 Å². The molecule has 0 bridgehead atoms. The maximum absolute atomic E-state index is 12.7. The Kier molecular flexibility index (Phi) is 7.44.